The molecule has 4 nitrogen and oxygen atoms in total. The molecule has 0 aliphatic carbocycles. The molecule has 2 aromatic rings. The molecule has 0 radical (unpaired) electrons. The first-order chi connectivity index (χ1) is 9.20. The van der Waals surface area contributed by atoms with Gasteiger partial charge < -0.3 is 4.74 Å². The molecule has 0 amide bonds. The number of nitrogens with zero attached hydrogens (tertiary/aromatic N) is 2. The molecule has 1 aromatic heterocycles. The number of rotatable bonds is 5. The van der Waals surface area contributed by atoms with E-state index in [-0.39, 0.29) is 5.97 Å². The van der Waals surface area contributed by atoms with E-state index < -0.39 is 0 Å². The van der Waals surface area contributed by atoms with E-state index in [1.807, 2.05) is 29.8 Å². The highest BCUT2D eigenvalue weighted by Gasteiger charge is 2.12. The van der Waals surface area contributed by atoms with E-state index in [0.717, 1.165) is 18.7 Å². The SMILES string of the molecule is CCOC(=O)c1cc(C)n(CCc2ccccc2)n1. The monoisotopic (exact) mass is 258 g/mol. The van der Waals surface area contributed by atoms with Crippen molar-refractivity contribution >= 4 is 5.97 Å². The summed E-state index contributed by atoms with van der Waals surface area (Å²) in [6.07, 6.45) is 0.894. The second kappa shape index (κ2) is 6.18. The third-order valence-corrected chi connectivity index (χ3v) is 2.92. The van der Waals surface area contributed by atoms with Gasteiger partial charge in [-0.15, -0.1) is 0 Å². The molecular formula is C15H18N2O2. The highest BCUT2D eigenvalue weighted by Crippen LogP contribution is 2.07. The fraction of sp³-hybridized carbons (Fsp3) is 0.333. The molecule has 0 unspecified atom stereocenters. The van der Waals surface area contributed by atoms with Crippen molar-refractivity contribution in [1.82, 2.24) is 9.78 Å². The normalized spacial score (nSPS) is 10.4. The lowest BCUT2D eigenvalue weighted by atomic mass is 10.1. The van der Waals surface area contributed by atoms with Crippen molar-refractivity contribution in [2.24, 2.45) is 0 Å². The van der Waals surface area contributed by atoms with E-state index in [9.17, 15) is 4.79 Å². The topological polar surface area (TPSA) is 44.1 Å². The van der Waals surface area contributed by atoms with Crippen LogP contribution in [-0.2, 0) is 17.7 Å². The van der Waals surface area contributed by atoms with Crippen LogP contribution in [0.4, 0.5) is 0 Å². The number of benzene rings is 1. The van der Waals surface area contributed by atoms with E-state index in [2.05, 4.69) is 17.2 Å². The standard InChI is InChI=1S/C15H18N2O2/c1-3-19-15(18)14-11-12(2)17(16-14)10-9-13-7-5-4-6-8-13/h4-8,11H,3,9-10H2,1-2H3. The predicted octanol–water partition coefficient (Wildman–Crippen LogP) is 2.61. The molecule has 19 heavy (non-hydrogen) atoms. The number of esters is 1. The molecule has 0 fully saturated rings. The summed E-state index contributed by atoms with van der Waals surface area (Å²) in [5, 5.41) is 4.29. The third-order valence-electron chi connectivity index (χ3n) is 2.92. The predicted molar refractivity (Wildman–Crippen MR) is 73.1 cm³/mol. The maximum atomic E-state index is 11.6. The molecule has 100 valence electrons. The summed E-state index contributed by atoms with van der Waals surface area (Å²) in [5.74, 6) is -0.357. The molecule has 0 bridgehead atoms. The molecule has 0 aliphatic rings. The van der Waals surface area contributed by atoms with E-state index in [0.29, 0.717) is 12.3 Å². The van der Waals surface area contributed by atoms with Crippen LogP contribution in [0.2, 0.25) is 0 Å². The average molecular weight is 258 g/mol. The molecule has 0 saturated heterocycles. The van der Waals surface area contributed by atoms with Gasteiger partial charge in [0.1, 0.15) is 0 Å². The van der Waals surface area contributed by atoms with E-state index in [1.54, 1.807) is 13.0 Å². The van der Waals surface area contributed by atoms with Crippen LogP contribution >= 0.6 is 0 Å². The Morgan fingerprint density at radius 3 is 2.74 bits per heavy atom. The van der Waals surface area contributed by atoms with Crippen LogP contribution < -0.4 is 0 Å². The van der Waals surface area contributed by atoms with Gasteiger partial charge in [0.15, 0.2) is 5.69 Å². The summed E-state index contributed by atoms with van der Waals surface area (Å²) in [5.41, 5.74) is 2.61. The zero-order valence-corrected chi connectivity index (χ0v) is 11.3. The van der Waals surface area contributed by atoms with E-state index in [1.165, 1.54) is 5.56 Å². The number of carbonyl (C=O) groups excluding carboxylic acids is 1. The van der Waals surface area contributed by atoms with Gasteiger partial charge in [-0.1, -0.05) is 30.3 Å². The lowest BCUT2D eigenvalue weighted by Crippen LogP contribution is -2.09. The van der Waals surface area contributed by atoms with Gasteiger partial charge in [-0.05, 0) is 31.9 Å². The number of carbonyl (C=O) groups is 1. The van der Waals surface area contributed by atoms with Gasteiger partial charge >= 0.3 is 5.97 Å². The molecule has 0 aliphatic heterocycles. The maximum Gasteiger partial charge on any atom is 0.358 e. The Morgan fingerprint density at radius 2 is 2.05 bits per heavy atom. The summed E-state index contributed by atoms with van der Waals surface area (Å²) >= 11 is 0. The van der Waals surface area contributed by atoms with Crippen LogP contribution in [-0.4, -0.2) is 22.4 Å². The summed E-state index contributed by atoms with van der Waals surface area (Å²) in [6.45, 7) is 4.86. The Balaban J connectivity index is 2.03. The number of hydrogen-bond donors (Lipinski definition) is 0. The van der Waals surface area contributed by atoms with Crippen molar-refractivity contribution < 1.29 is 9.53 Å². The molecule has 0 saturated carbocycles. The Bertz CT molecular complexity index is 547. The van der Waals surface area contributed by atoms with Crippen molar-refractivity contribution in [3.63, 3.8) is 0 Å². The number of aromatic nitrogens is 2. The van der Waals surface area contributed by atoms with Crippen molar-refractivity contribution in [2.75, 3.05) is 6.61 Å². The molecule has 2 rings (SSSR count). The number of hydrogen-bond acceptors (Lipinski definition) is 3. The highest BCUT2D eigenvalue weighted by molar-refractivity contribution is 5.87. The Hall–Kier alpha value is -2.10. The van der Waals surface area contributed by atoms with Gasteiger partial charge in [-0.25, -0.2) is 4.79 Å². The highest BCUT2D eigenvalue weighted by atomic mass is 16.5. The van der Waals surface area contributed by atoms with E-state index in [4.69, 9.17) is 4.74 Å². The minimum atomic E-state index is -0.357. The van der Waals surface area contributed by atoms with Crippen molar-refractivity contribution in [3.8, 4) is 0 Å². The van der Waals surface area contributed by atoms with Crippen LogP contribution in [0.25, 0.3) is 0 Å². The quantitative estimate of drug-likeness (QED) is 0.774. The van der Waals surface area contributed by atoms with Gasteiger partial charge in [0.2, 0.25) is 0 Å². The van der Waals surface area contributed by atoms with Gasteiger partial charge in [0.25, 0.3) is 0 Å². The van der Waals surface area contributed by atoms with Crippen LogP contribution in [0.15, 0.2) is 36.4 Å². The van der Waals surface area contributed by atoms with Crippen LogP contribution in [0.3, 0.4) is 0 Å². The van der Waals surface area contributed by atoms with Crippen molar-refractivity contribution in [2.45, 2.75) is 26.8 Å². The van der Waals surface area contributed by atoms with E-state index >= 15 is 0 Å². The van der Waals surface area contributed by atoms with Crippen LogP contribution in [0, 0.1) is 6.92 Å². The first-order valence-electron chi connectivity index (χ1n) is 6.46. The average Bonchev–Trinajstić information content (AvgIpc) is 2.79. The maximum absolute atomic E-state index is 11.6. The zero-order valence-electron chi connectivity index (χ0n) is 11.3. The summed E-state index contributed by atoms with van der Waals surface area (Å²) in [4.78, 5) is 11.6. The second-order valence-corrected chi connectivity index (χ2v) is 4.35. The molecule has 1 heterocycles. The molecular weight excluding hydrogens is 240 g/mol. The Kier molecular flexibility index (Phi) is 4.34. The van der Waals surface area contributed by atoms with Crippen LogP contribution in [0.5, 0.6) is 0 Å². The first kappa shape index (κ1) is 13.3. The lowest BCUT2D eigenvalue weighted by Gasteiger charge is -2.04. The fourth-order valence-corrected chi connectivity index (χ4v) is 1.92. The summed E-state index contributed by atoms with van der Waals surface area (Å²) < 4.78 is 6.79. The fourth-order valence-electron chi connectivity index (χ4n) is 1.92. The molecule has 4 heteroatoms. The van der Waals surface area contributed by atoms with Crippen molar-refractivity contribution in [1.29, 1.82) is 0 Å². The molecule has 1 aromatic carbocycles. The first-order valence-corrected chi connectivity index (χ1v) is 6.46. The summed E-state index contributed by atoms with van der Waals surface area (Å²) in [6, 6.07) is 12.0. The number of aryl methyl sites for hydroxylation is 3. The molecule has 0 N–H and O–H groups in total. The molecule has 0 spiro atoms. The third kappa shape index (κ3) is 3.44. The van der Waals surface area contributed by atoms with Crippen molar-refractivity contribution in [3.05, 3.63) is 53.3 Å². The lowest BCUT2D eigenvalue weighted by molar-refractivity contribution is 0.0518. The zero-order chi connectivity index (χ0) is 13.7. The number of ether oxygens (including phenoxy) is 1. The smallest absolute Gasteiger partial charge is 0.358 e. The largest absolute Gasteiger partial charge is 0.461 e. The molecule has 0 atom stereocenters. The van der Waals surface area contributed by atoms with Gasteiger partial charge in [0.05, 0.1) is 6.61 Å². The van der Waals surface area contributed by atoms with Gasteiger partial charge in [-0.3, -0.25) is 4.68 Å². The minimum absolute atomic E-state index is 0.357. The Labute approximate surface area is 113 Å². The Morgan fingerprint density at radius 1 is 1.32 bits per heavy atom. The second-order valence-electron chi connectivity index (χ2n) is 4.35. The summed E-state index contributed by atoms with van der Waals surface area (Å²) in [7, 11) is 0. The van der Waals surface area contributed by atoms with Gasteiger partial charge in [0, 0.05) is 12.2 Å². The van der Waals surface area contributed by atoms with Crippen LogP contribution in [0.1, 0.15) is 28.7 Å². The van der Waals surface area contributed by atoms with Gasteiger partial charge in [-0.2, -0.15) is 5.10 Å². The minimum Gasteiger partial charge on any atom is -0.461 e.